The predicted octanol–water partition coefficient (Wildman–Crippen LogP) is 1.69. The molecule has 0 amide bonds. The molecule has 0 saturated carbocycles. The van der Waals surface area contributed by atoms with Crippen molar-refractivity contribution in [2.75, 3.05) is 33.4 Å². The van der Waals surface area contributed by atoms with Gasteiger partial charge in [-0.3, -0.25) is 4.90 Å². The Morgan fingerprint density at radius 1 is 1.17 bits per heavy atom. The lowest BCUT2D eigenvalue weighted by atomic mass is 10.5. The standard InChI is InChI=1S/C12H29NO4Si/c1-6-11-18(15-7-2,16-8-3)17-12(4)13(5)9-10-14/h12,14H,6-11H2,1-5H3. The summed E-state index contributed by atoms with van der Waals surface area (Å²) in [7, 11) is -0.653. The van der Waals surface area contributed by atoms with Gasteiger partial charge in [0.05, 0.1) is 6.61 Å². The SMILES string of the molecule is CCC[Si](OCC)(OCC)OC(C)N(C)CCO. The van der Waals surface area contributed by atoms with Gasteiger partial charge < -0.3 is 18.4 Å². The maximum Gasteiger partial charge on any atom is 0.502 e. The summed E-state index contributed by atoms with van der Waals surface area (Å²) in [6.45, 7) is 9.89. The fraction of sp³-hybridized carbons (Fsp3) is 1.00. The van der Waals surface area contributed by atoms with Crippen molar-refractivity contribution in [1.29, 1.82) is 0 Å². The Kier molecular flexibility index (Phi) is 9.89. The zero-order valence-electron chi connectivity index (χ0n) is 12.4. The second-order valence-corrected chi connectivity index (χ2v) is 6.90. The van der Waals surface area contributed by atoms with E-state index in [4.69, 9.17) is 18.4 Å². The number of aliphatic hydroxyl groups is 1. The first-order valence-electron chi connectivity index (χ1n) is 6.82. The van der Waals surface area contributed by atoms with E-state index >= 15 is 0 Å². The molecule has 1 unspecified atom stereocenters. The molecule has 1 atom stereocenters. The van der Waals surface area contributed by atoms with E-state index in [9.17, 15) is 0 Å². The summed E-state index contributed by atoms with van der Waals surface area (Å²) < 4.78 is 17.7. The quantitative estimate of drug-likeness (QED) is 0.461. The first-order chi connectivity index (χ1) is 8.55. The normalized spacial score (nSPS) is 14.2. The van der Waals surface area contributed by atoms with E-state index in [0.29, 0.717) is 19.8 Å². The molecule has 18 heavy (non-hydrogen) atoms. The third kappa shape index (κ3) is 6.26. The van der Waals surface area contributed by atoms with Crippen LogP contribution in [0.5, 0.6) is 0 Å². The molecule has 0 radical (unpaired) electrons. The topological polar surface area (TPSA) is 51.2 Å². The zero-order valence-corrected chi connectivity index (χ0v) is 13.4. The van der Waals surface area contributed by atoms with Crippen LogP contribution >= 0.6 is 0 Å². The van der Waals surface area contributed by atoms with E-state index in [0.717, 1.165) is 12.5 Å². The van der Waals surface area contributed by atoms with E-state index in [-0.39, 0.29) is 12.8 Å². The molecule has 1 N–H and O–H groups in total. The van der Waals surface area contributed by atoms with Crippen molar-refractivity contribution in [2.24, 2.45) is 0 Å². The molecule has 0 spiro atoms. The van der Waals surface area contributed by atoms with Crippen molar-refractivity contribution in [1.82, 2.24) is 4.90 Å². The number of aliphatic hydroxyl groups excluding tert-OH is 1. The summed E-state index contributed by atoms with van der Waals surface area (Å²) in [4.78, 5) is 1.95. The highest BCUT2D eigenvalue weighted by atomic mass is 28.4. The molecule has 5 nitrogen and oxygen atoms in total. The number of likely N-dealkylation sites (N-methyl/N-ethyl adjacent to an activating group) is 1. The third-order valence-corrected chi connectivity index (χ3v) is 5.98. The van der Waals surface area contributed by atoms with Crippen LogP contribution in [0.25, 0.3) is 0 Å². The Morgan fingerprint density at radius 2 is 1.72 bits per heavy atom. The van der Waals surface area contributed by atoms with Crippen LogP contribution in [-0.4, -0.2) is 58.5 Å². The summed E-state index contributed by atoms with van der Waals surface area (Å²) in [6, 6.07) is 0.825. The average molecular weight is 279 g/mol. The minimum absolute atomic E-state index is 0.117. The van der Waals surface area contributed by atoms with Crippen molar-refractivity contribution in [3.05, 3.63) is 0 Å². The Bertz CT molecular complexity index is 189. The molecule has 0 bridgehead atoms. The van der Waals surface area contributed by atoms with Crippen LogP contribution in [0.15, 0.2) is 0 Å². The van der Waals surface area contributed by atoms with Crippen LogP contribution in [-0.2, 0) is 13.3 Å². The summed E-state index contributed by atoms with van der Waals surface area (Å²) >= 11 is 0. The van der Waals surface area contributed by atoms with Gasteiger partial charge in [0.2, 0.25) is 0 Å². The van der Waals surface area contributed by atoms with Gasteiger partial charge in [-0.15, -0.1) is 0 Å². The molecule has 0 aliphatic carbocycles. The fourth-order valence-electron chi connectivity index (χ4n) is 1.75. The van der Waals surface area contributed by atoms with Gasteiger partial charge in [-0.1, -0.05) is 13.3 Å². The minimum Gasteiger partial charge on any atom is -0.395 e. The fourth-order valence-corrected chi connectivity index (χ4v) is 4.57. The van der Waals surface area contributed by atoms with Crippen LogP contribution in [0.1, 0.15) is 34.1 Å². The molecular formula is C12H29NO4Si. The largest absolute Gasteiger partial charge is 0.502 e. The number of rotatable bonds is 11. The van der Waals surface area contributed by atoms with Crippen LogP contribution < -0.4 is 0 Å². The molecule has 0 aliphatic rings. The van der Waals surface area contributed by atoms with E-state index in [1.54, 1.807) is 0 Å². The van der Waals surface area contributed by atoms with E-state index in [1.807, 2.05) is 32.7 Å². The molecule has 110 valence electrons. The molecule has 0 aromatic rings. The van der Waals surface area contributed by atoms with Crippen molar-refractivity contribution in [2.45, 2.75) is 46.4 Å². The van der Waals surface area contributed by atoms with E-state index < -0.39 is 8.80 Å². The number of nitrogens with zero attached hydrogens (tertiary/aromatic N) is 1. The Morgan fingerprint density at radius 3 is 2.11 bits per heavy atom. The first kappa shape index (κ1) is 18.0. The van der Waals surface area contributed by atoms with Crippen molar-refractivity contribution < 1.29 is 18.4 Å². The van der Waals surface area contributed by atoms with Crippen LogP contribution in [0.3, 0.4) is 0 Å². The molecule has 0 rings (SSSR count). The Balaban J connectivity index is 4.62. The molecule has 0 aromatic carbocycles. The van der Waals surface area contributed by atoms with Crippen LogP contribution in [0, 0.1) is 0 Å². The molecule has 0 saturated heterocycles. The smallest absolute Gasteiger partial charge is 0.395 e. The molecular weight excluding hydrogens is 250 g/mol. The second-order valence-electron chi connectivity index (χ2n) is 4.22. The number of hydrogen-bond donors (Lipinski definition) is 1. The summed E-state index contributed by atoms with van der Waals surface area (Å²) in [5.74, 6) is 0. The van der Waals surface area contributed by atoms with Crippen LogP contribution in [0.2, 0.25) is 6.04 Å². The highest BCUT2D eigenvalue weighted by Gasteiger charge is 2.41. The van der Waals surface area contributed by atoms with Gasteiger partial charge in [0.25, 0.3) is 0 Å². The first-order valence-corrected chi connectivity index (χ1v) is 8.75. The second kappa shape index (κ2) is 9.88. The molecule has 0 heterocycles. The monoisotopic (exact) mass is 279 g/mol. The number of hydrogen-bond acceptors (Lipinski definition) is 5. The zero-order chi connectivity index (χ0) is 14.0. The predicted molar refractivity (Wildman–Crippen MR) is 74.4 cm³/mol. The van der Waals surface area contributed by atoms with Gasteiger partial charge in [-0.2, -0.15) is 0 Å². The average Bonchev–Trinajstić information content (AvgIpc) is 2.30. The van der Waals surface area contributed by atoms with Gasteiger partial charge in [0.1, 0.15) is 6.23 Å². The van der Waals surface area contributed by atoms with Gasteiger partial charge in [-0.05, 0) is 27.8 Å². The molecule has 0 aliphatic heterocycles. The van der Waals surface area contributed by atoms with Gasteiger partial charge in [0.15, 0.2) is 0 Å². The van der Waals surface area contributed by atoms with Gasteiger partial charge in [0, 0.05) is 25.8 Å². The molecule has 6 heteroatoms. The van der Waals surface area contributed by atoms with E-state index in [2.05, 4.69) is 6.92 Å². The van der Waals surface area contributed by atoms with E-state index in [1.165, 1.54) is 0 Å². The third-order valence-electron chi connectivity index (χ3n) is 2.71. The maximum absolute atomic E-state index is 8.95. The lowest BCUT2D eigenvalue weighted by Gasteiger charge is -2.34. The highest BCUT2D eigenvalue weighted by Crippen LogP contribution is 2.20. The minimum atomic E-state index is -2.57. The Labute approximate surface area is 112 Å². The van der Waals surface area contributed by atoms with Gasteiger partial charge >= 0.3 is 8.80 Å². The van der Waals surface area contributed by atoms with Crippen molar-refractivity contribution in [3.63, 3.8) is 0 Å². The lowest BCUT2D eigenvalue weighted by molar-refractivity contribution is -0.0282. The van der Waals surface area contributed by atoms with Crippen LogP contribution in [0.4, 0.5) is 0 Å². The molecule has 0 aromatic heterocycles. The van der Waals surface area contributed by atoms with Gasteiger partial charge in [-0.25, -0.2) is 0 Å². The van der Waals surface area contributed by atoms with Crippen molar-refractivity contribution >= 4 is 8.80 Å². The van der Waals surface area contributed by atoms with Crippen molar-refractivity contribution in [3.8, 4) is 0 Å². The Hall–Kier alpha value is 0.0169. The maximum atomic E-state index is 8.95. The summed E-state index contributed by atoms with van der Waals surface area (Å²) in [5, 5.41) is 8.95. The molecule has 0 fully saturated rings. The summed E-state index contributed by atoms with van der Waals surface area (Å²) in [5.41, 5.74) is 0. The highest BCUT2D eigenvalue weighted by molar-refractivity contribution is 6.60. The lowest BCUT2D eigenvalue weighted by Crippen LogP contribution is -2.51. The summed E-state index contributed by atoms with van der Waals surface area (Å²) in [6.07, 6.45) is 0.858.